The first-order valence-corrected chi connectivity index (χ1v) is 5.73. The number of rotatable bonds is 1. The second-order valence-corrected chi connectivity index (χ2v) is 4.21. The monoisotopic (exact) mass is 255 g/mol. The number of benzene rings is 2. The minimum atomic E-state index is -0.315. The van der Waals surface area contributed by atoms with E-state index in [0.29, 0.717) is 11.2 Å². The zero-order valence-corrected chi connectivity index (χ0v) is 9.84. The maximum Gasteiger partial charge on any atom is 0.184 e. The molecule has 0 radical (unpaired) electrons. The Labute approximate surface area is 108 Å². The Morgan fingerprint density at radius 3 is 2.26 bits per heavy atom. The van der Waals surface area contributed by atoms with Gasteiger partial charge in [0.05, 0.1) is 5.69 Å². The van der Waals surface area contributed by atoms with E-state index in [0.717, 1.165) is 10.9 Å². The van der Waals surface area contributed by atoms with Crippen LogP contribution in [0.5, 0.6) is 11.5 Å². The zero-order valence-electron chi connectivity index (χ0n) is 9.84. The molecule has 0 saturated heterocycles. The van der Waals surface area contributed by atoms with Gasteiger partial charge in [0.15, 0.2) is 11.5 Å². The molecule has 4 heteroatoms. The number of phenolic OH excluding ortho intramolecular Hbond substituents is 2. The molecule has 0 aliphatic rings. The number of hydrogen-bond donors (Lipinski definition) is 2. The van der Waals surface area contributed by atoms with Gasteiger partial charge in [-0.1, -0.05) is 6.07 Å². The summed E-state index contributed by atoms with van der Waals surface area (Å²) < 4.78 is 12.9. The average Bonchev–Trinajstić information content (AvgIpc) is 2.44. The van der Waals surface area contributed by atoms with Crippen LogP contribution >= 0.6 is 0 Å². The summed E-state index contributed by atoms with van der Waals surface area (Å²) in [4.78, 5) is 4.30. The van der Waals surface area contributed by atoms with E-state index in [-0.39, 0.29) is 17.3 Å². The largest absolute Gasteiger partial charge is 0.504 e. The second-order valence-electron chi connectivity index (χ2n) is 4.21. The van der Waals surface area contributed by atoms with Crippen LogP contribution in [0.2, 0.25) is 0 Å². The highest BCUT2D eigenvalue weighted by molar-refractivity contribution is 5.88. The summed E-state index contributed by atoms with van der Waals surface area (Å²) in [5, 5.41) is 20.0. The fourth-order valence-electron chi connectivity index (χ4n) is 1.94. The maximum absolute atomic E-state index is 12.9. The van der Waals surface area contributed by atoms with Gasteiger partial charge in [-0.25, -0.2) is 9.37 Å². The van der Waals surface area contributed by atoms with Crippen LogP contribution in [0.25, 0.3) is 22.2 Å². The molecular formula is C15H10FNO2. The molecule has 2 aromatic carbocycles. The number of nitrogens with zero attached hydrogens (tertiary/aromatic N) is 1. The standard InChI is InChI=1S/C15H10FNO2/c16-11-5-1-9(2-6-11)12-7-3-10-4-8-13(18)15(19)14(10)17-12/h1-8,18-19H. The molecule has 3 rings (SSSR count). The minimum Gasteiger partial charge on any atom is -0.504 e. The molecule has 0 fully saturated rings. The van der Waals surface area contributed by atoms with E-state index in [2.05, 4.69) is 4.98 Å². The van der Waals surface area contributed by atoms with E-state index >= 15 is 0 Å². The molecule has 1 heterocycles. The molecule has 0 aliphatic carbocycles. The molecule has 0 saturated carbocycles. The summed E-state index contributed by atoms with van der Waals surface area (Å²) in [6, 6.07) is 12.6. The molecule has 1 aromatic heterocycles. The summed E-state index contributed by atoms with van der Waals surface area (Å²) in [5.41, 5.74) is 1.67. The lowest BCUT2D eigenvalue weighted by Gasteiger charge is -2.06. The van der Waals surface area contributed by atoms with E-state index in [4.69, 9.17) is 0 Å². The van der Waals surface area contributed by atoms with Crippen molar-refractivity contribution in [1.29, 1.82) is 0 Å². The molecule has 0 aliphatic heterocycles. The highest BCUT2D eigenvalue weighted by Crippen LogP contribution is 2.33. The van der Waals surface area contributed by atoms with Crippen LogP contribution < -0.4 is 0 Å². The average molecular weight is 255 g/mol. The predicted molar refractivity (Wildman–Crippen MR) is 70.5 cm³/mol. The van der Waals surface area contributed by atoms with Gasteiger partial charge in [0.2, 0.25) is 0 Å². The maximum atomic E-state index is 12.9. The van der Waals surface area contributed by atoms with Gasteiger partial charge < -0.3 is 10.2 Å². The Kier molecular flexibility index (Phi) is 2.56. The minimum absolute atomic E-state index is 0.212. The lowest BCUT2D eigenvalue weighted by molar-refractivity contribution is 0.407. The smallest absolute Gasteiger partial charge is 0.184 e. The Bertz CT molecular complexity index is 754. The summed E-state index contributed by atoms with van der Waals surface area (Å²) in [6.07, 6.45) is 0. The van der Waals surface area contributed by atoms with Crippen molar-refractivity contribution >= 4 is 10.9 Å². The van der Waals surface area contributed by atoms with E-state index in [1.54, 1.807) is 30.3 Å². The van der Waals surface area contributed by atoms with Gasteiger partial charge in [-0.2, -0.15) is 0 Å². The van der Waals surface area contributed by atoms with Gasteiger partial charge in [0, 0.05) is 10.9 Å². The van der Waals surface area contributed by atoms with Gasteiger partial charge in [-0.05, 0) is 42.5 Å². The van der Waals surface area contributed by atoms with E-state index < -0.39 is 0 Å². The third kappa shape index (κ3) is 1.97. The Morgan fingerprint density at radius 1 is 0.842 bits per heavy atom. The van der Waals surface area contributed by atoms with Crippen molar-refractivity contribution in [2.24, 2.45) is 0 Å². The van der Waals surface area contributed by atoms with Crippen LogP contribution in [-0.4, -0.2) is 15.2 Å². The van der Waals surface area contributed by atoms with Gasteiger partial charge in [-0.3, -0.25) is 0 Å². The van der Waals surface area contributed by atoms with Crippen molar-refractivity contribution in [1.82, 2.24) is 4.98 Å². The quantitative estimate of drug-likeness (QED) is 0.655. The van der Waals surface area contributed by atoms with Crippen LogP contribution in [0, 0.1) is 5.82 Å². The lowest BCUT2D eigenvalue weighted by atomic mass is 10.1. The Balaban J connectivity index is 2.20. The second kappa shape index (κ2) is 4.24. The third-order valence-corrected chi connectivity index (χ3v) is 2.95. The van der Waals surface area contributed by atoms with Crippen molar-refractivity contribution in [2.45, 2.75) is 0 Å². The van der Waals surface area contributed by atoms with Crippen molar-refractivity contribution in [3.8, 4) is 22.8 Å². The fraction of sp³-hybridized carbons (Fsp3) is 0. The third-order valence-electron chi connectivity index (χ3n) is 2.95. The molecule has 3 aromatic rings. The lowest BCUT2D eigenvalue weighted by Crippen LogP contribution is -1.86. The number of fused-ring (bicyclic) bond motifs is 1. The molecule has 0 spiro atoms. The van der Waals surface area contributed by atoms with Crippen molar-refractivity contribution in [3.05, 3.63) is 54.3 Å². The first kappa shape index (κ1) is 11.5. The normalized spacial score (nSPS) is 10.8. The molecular weight excluding hydrogens is 245 g/mol. The topological polar surface area (TPSA) is 53.4 Å². The highest BCUT2D eigenvalue weighted by Gasteiger charge is 2.08. The van der Waals surface area contributed by atoms with Gasteiger partial charge in [-0.15, -0.1) is 0 Å². The molecule has 3 nitrogen and oxygen atoms in total. The number of halogens is 1. The summed E-state index contributed by atoms with van der Waals surface area (Å²) >= 11 is 0. The SMILES string of the molecule is Oc1ccc2ccc(-c3ccc(F)cc3)nc2c1O. The molecule has 0 unspecified atom stereocenters. The van der Waals surface area contributed by atoms with Crippen molar-refractivity contribution in [3.63, 3.8) is 0 Å². The number of aromatic hydroxyl groups is 2. The Hall–Kier alpha value is -2.62. The molecule has 0 atom stereocenters. The van der Waals surface area contributed by atoms with E-state index in [9.17, 15) is 14.6 Å². The first-order chi connectivity index (χ1) is 9.15. The first-order valence-electron chi connectivity index (χ1n) is 5.73. The van der Waals surface area contributed by atoms with E-state index in [1.165, 1.54) is 18.2 Å². The molecule has 0 bridgehead atoms. The summed E-state index contributed by atoms with van der Waals surface area (Å²) in [6.45, 7) is 0. The van der Waals surface area contributed by atoms with Crippen LogP contribution in [0.1, 0.15) is 0 Å². The number of hydrogen-bond acceptors (Lipinski definition) is 3. The van der Waals surface area contributed by atoms with Gasteiger partial charge >= 0.3 is 0 Å². The summed E-state index contributed by atoms with van der Waals surface area (Å²) in [7, 11) is 0. The van der Waals surface area contributed by atoms with E-state index in [1.807, 2.05) is 0 Å². The molecule has 94 valence electrons. The zero-order chi connectivity index (χ0) is 13.4. The van der Waals surface area contributed by atoms with Gasteiger partial charge in [0.1, 0.15) is 11.3 Å². The summed E-state index contributed by atoms with van der Waals surface area (Å²) in [5.74, 6) is -0.775. The Morgan fingerprint density at radius 2 is 1.53 bits per heavy atom. The van der Waals surface area contributed by atoms with Crippen LogP contribution in [0.3, 0.4) is 0 Å². The molecule has 0 amide bonds. The van der Waals surface area contributed by atoms with Crippen molar-refractivity contribution in [2.75, 3.05) is 0 Å². The molecule has 2 N–H and O–H groups in total. The molecule has 19 heavy (non-hydrogen) atoms. The van der Waals surface area contributed by atoms with Crippen LogP contribution in [-0.2, 0) is 0 Å². The van der Waals surface area contributed by atoms with Crippen LogP contribution in [0.15, 0.2) is 48.5 Å². The number of phenols is 2. The van der Waals surface area contributed by atoms with Crippen molar-refractivity contribution < 1.29 is 14.6 Å². The van der Waals surface area contributed by atoms with Gasteiger partial charge in [0.25, 0.3) is 0 Å². The predicted octanol–water partition coefficient (Wildman–Crippen LogP) is 3.45. The number of aromatic nitrogens is 1. The highest BCUT2D eigenvalue weighted by atomic mass is 19.1. The van der Waals surface area contributed by atoms with Crippen LogP contribution in [0.4, 0.5) is 4.39 Å². The number of pyridine rings is 1. The fourth-order valence-corrected chi connectivity index (χ4v) is 1.94.